The smallest absolute Gasteiger partial charge is 0.314 e. The van der Waals surface area contributed by atoms with E-state index in [1.54, 1.807) is 0 Å². The van der Waals surface area contributed by atoms with Crippen molar-refractivity contribution >= 4 is 5.97 Å². The lowest BCUT2D eigenvalue weighted by molar-refractivity contribution is -0.140. The van der Waals surface area contributed by atoms with Crippen molar-refractivity contribution in [2.45, 2.75) is 122 Å². The summed E-state index contributed by atoms with van der Waals surface area (Å²) in [4.78, 5) is 12.6. The molecule has 0 atom stereocenters. The number of ether oxygens (including phenoxy) is 1. The first kappa shape index (κ1) is 24.3. The number of rotatable bonds is 11. The molecule has 31 heavy (non-hydrogen) atoms. The van der Waals surface area contributed by atoms with Crippen LogP contribution in [0.2, 0.25) is 0 Å². The zero-order valence-electron chi connectivity index (χ0n) is 20.2. The maximum Gasteiger partial charge on any atom is 0.314 e. The monoisotopic (exact) mass is 426 g/mol. The molecule has 0 radical (unpaired) electrons. The third-order valence-electron chi connectivity index (χ3n) is 8.01. The minimum atomic E-state index is -0.0119. The van der Waals surface area contributed by atoms with Crippen LogP contribution in [0.4, 0.5) is 0 Å². The van der Waals surface area contributed by atoms with Gasteiger partial charge in [0.05, 0.1) is 5.92 Å². The first-order chi connectivity index (χ1) is 15.2. The molecular weight excluding hydrogens is 380 g/mol. The number of carbonyl (C=O) groups is 1. The van der Waals surface area contributed by atoms with Crippen LogP contribution in [0.1, 0.15) is 128 Å². The number of esters is 1. The fourth-order valence-corrected chi connectivity index (χ4v) is 5.92. The van der Waals surface area contributed by atoms with Crippen molar-refractivity contribution in [2.75, 3.05) is 0 Å². The number of hydrogen-bond acceptors (Lipinski definition) is 2. The second-order valence-electron chi connectivity index (χ2n) is 10.4. The largest absolute Gasteiger partial charge is 0.426 e. The third kappa shape index (κ3) is 7.95. The molecule has 2 aliphatic carbocycles. The Morgan fingerprint density at radius 2 is 1.35 bits per heavy atom. The molecule has 1 aromatic rings. The van der Waals surface area contributed by atoms with Crippen LogP contribution in [-0.4, -0.2) is 5.97 Å². The molecule has 2 saturated carbocycles. The second-order valence-corrected chi connectivity index (χ2v) is 10.4. The molecule has 0 N–H and O–H groups in total. The Kier molecular flexibility index (Phi) is 10.4. The van der Waals surface area contributed by atoms with Crippen LogP contribution < -0.4 is 4.74 Å². The van der Waals surface area contributed by atoms with Gasteiger partial charge in [-0.15, -0.1) is 0 Å². The highest BCUT2D eigenvalue weighted by atomic mass is 16.5. The lowest BCUT2D eigenvalue weighted by Gasteiger charge is -2.29. The van der Waals surface area contributed by atoms with E-state index in [9.17, 15) is 4.79 Å². The molecule has 2 heteroatoms. The normalized spacial score (nSPS) is 26.5. The lowest BCUT2D eigenvalue weighted by atomic mass is 9.77. The van der Waals surface area contributed by atoms with E-state index in [0.29, 0.717) is 5.92 Å². The topological polar surface area (TPSA) is 26.3 Å². The van der Waals surface area contributed by atoms with E-state index in [4.69, 9.17) is 4.74 Å². The van der Waals surface area contributed by atoms with Crippen molar-refractivity contribution in [2.24, 2.45) is 17.8 Å². The SMILES string of the molecule is CCCCCCCC1CCC(c2ccc(OC(=O)C3CCC(CCC)CC3)cc2)CC1. The quantitative estimate of drug-likeness (QED) is 0.201. The fraction of sp³-hybridized carbons (Fsp3) is 0.759. The number of benzene rings is 1. The van der Waals surface area contributed by atoms with Gasteiger partial charge in [-0.3, -0.25) is 4.79 Å². The molecule has 174 valence electrons. The number of hydrogen-bond donors (Lipinski definition) is 0. The van der Waals surface area contributed by atoms with Crippen molar-refractivity contribution in [1.29, 1.82) is 0 Å². The minimum Gasteiger partial charge on any atom is -0.426 e. The predicted octanol–water partition coefficient (Wildman–Crippen LogP) is 8.83. The Morgan fingerprint density at radius 1 is 0.742 bits per heavy atom. The van der Waals surface area contributed by atoms with Crippen molar-refractivity contribution in [3.63, 3.8) is 0 Å². The van der Waals surface area contributed by atoms with Gasteiger partial charge in [-0.25, -0.2) is 0 Å². The van der Waals surface area contributed by atoms with Crippen molar-refractivity contribution < 1.29 is 9.53 Å². The minimum absolute atomic E-state index is 0.0119. The fourth-order valence-electron chi connectivity index (χ4n) is 5.92. The van der Waals surface area contributed by atoms with E-state index < -0.39 is 0 Å². The van der Waals surface area contributed by atoms with Gasteiger partial charge in [-0.1, -0.05) is 77.3 Å². The van der Waals surface area contributed by atoms with E-state index in [0.717, 1.165) is 30.4 Å². The van der Waals surface area contributed by atoms with Gasteiger partial charge >= 0.3 is 5.97 Å². The van der Waals surface area contributed by atoms with Crippen LogP contribution in [0, 0.1) is 17.8 Å². The van der Waals surface area contributed by atoms with Crippen molar-refractivity contribution in [3.05, 3.63) is 29.8 Å². The summed E-state index contributed by atoms with van der Waals surface area (Å²) in [6, 6.07) is 8.46. The average Bonchev–Trinajstić information content (AvgIpc) is 2.81. The Morgan fingerprint density at radius 3 is 2.00 bits per heavy atom. The Hall–Kier alpha value is -1.31. The molecule has 3 rings (SSSR count). The van der Waals surface area contributed by atoms with Crippen LogP contribution in [0.15, 0.2) is 24.3 Å². The Labute approximate surface area is 191 Å². The molecule has 1 aromatic carbocycles. The highest BCUT2D eigenvalue weighted by Crippen LogP contribution is 2.38. The van der Waals surface area contributed by atoms with Gasteiger partial charge in [-0.05, 0) is 86.8 Å². The number of carbonyl (C=O) groups excluding carboxylic acids is 1. The molecule has 0 spiro atoms. The van der Waals surface area contributed by atoms with Crippen LogP contribution in [0.5, 0.6) is 5.75 Å². The van der Waals surface area contributed by atoms with Crippen molar-refractivity contribution in [1.82, 2.24) is 0 Å². The molecule has 0 saturated heterocycles. The van der Waals surface area contributed by atoms with Gasteiger partial charge in [0.25, 0.3) is 0 Å². The first-order valence-electron chi connectivity index (χ1n) is 13.5. The molecule has 2 nitrogen and oxygen atoms in total. The van der Waals surface area contributed by atoms with Crippen LogP contribution in [0.3, 0.4) is 0 Å². The Bertz CT molecular complexity index is 619. The first-order valence-corrected chi connectivity index (χ1v) is 13.5. The van der Waals surface area contributed by atoms with Gasteiger partial charge in [0.1, 0.15) is 5.75 Å². The molecule has 0 amide bonds. The molecule has 2 fully saturated rings. The summed E-state index contributed by atoms with van der Waals surface area (Å²) in [5.74, 6) is 3.28. The second kappa shape index (κ2) is 13.3. The van der Waals surface area contributed by atoms with Gasteiger partial charge in [0, 0.05) is 0 Å². The van der Waals surface area contributed by atoms with Gasteiger partial charge in [0.2, 0.25) is 0 Å². The number of unbranched alkanes of at least 4 members (excludes halogenated alkanes) is 4. The summed E-state index contributed by atoms with van der Waals surface area (Å²) in [7, 11) is 0. The molecular formula is C29H46O2. The highest BCUT2D eigenvalue weighted by molar-refractivity contribution is 5.75. The van der Waals surface area contributed by atoms with E-state index in [1.165, 1.54) is 95.5 Å². The summed E-state index contributed by atoms with van der Waals surface area (Å²) in [6.45, 7) is 4.54. The van der Waals surface area contributed by atoms with Gasteiger partial charge in [0.15, 0.2) is 0 Å². The summed E-state index contributed by atoms with van der Waals surface area (Å²) >= 11 is 0. The summed E-state index contributed by atoms with van der Waals surface area (Å²) in [5, 5.41) is 0. The maximum atomic E-state index is 12.6. The van der Waals surface area contributed by atoms with Crippen molar-refractivity contribution in [3.8, 4) is 5.75 Å². The molecule has 0 aliphatic heterocycles. The van der Waals surface area contributed by atoms with E-state index in [1.807, 2.05) is 12.1 Å². The lowest BCUT2D eigenvalue weighted by Crippen LogP contribution is -2.25. The van der Waals surface area contributed by atoms with E-state index in [2.05, 4.69) is 26.0 Å². The van der Waals surface area contributed by atoms with Crippen LogP contribution >= 0.6 is 0 Å². The summed E-state index contributed by atoms with van der Waals surface area (Å²) < 4.78 is 5.74. The summed E-state index contributed by atoms with van der Waals surface area (Å²) in [6.07, 6.45) is 20.8. The Balaban J connectivity index is 1.37. The van der Waals surface area contributed by atoms with Crippen LogP contribution in [-0.2, 0) is 4.79 Å². The average molecular weight is 427 g/mol. The molecule has 2 aliphatic rings. The van der Waals surface area contributed by atoms with Gasteiger partial charge < -0.3 is 4.74 Å². The third-order valence-corrected chi connectivity index (χ3v) is 8.01. The standard InChI is InChI=1S/C29H46O2/c1-3-5-6-7-8-10-24-11-15-25(16-12-24)26-19-21-28(22-20-26)31-29(30)27-17-13-23(9-4-2)14-18-27/h19-25,27H,3-18H2,1-2H3. The highest BCUT2D eigenvalue weighted by Gasteiger charge is 2.27. The van der Waals surface area contributed by atoms with E-state index in [-0.39, 0.29) is 11.9 Å². The van der Waals surface area contributed by atoms with Crippen LogP contribution in [0.25, 0.3) is 0 Å². The summed E-state index contributed by atoms with van der Waals surface area (Å²) in [5.41, 5.74) is 1.43. The molecule has 0 aromatic heterocycles. The zero-order chi connectivity index (χ0) is 21.9. The van der Waals surface area contributed by atoms with Gasteiger partial charge in [-0.2, -0.15) is 0 Å². The predicted molar refractivity (Wildman–Crippen MR) is 131 cm³/mol. The zero-order valence-corrected chi connectivity index (χ0v) is 20.2. The molecule has 0 unspecified atom stereocenters. The van der Waals surface area contributed by atoms with E-state index >= 15 is 0 Å². The maximum absolute atomic E-state index is 12.6. The molecule has 0 heterocycles. The molecule has 0 bridgehead atoms.